The minimum absolute atomic E-state index is 0.197. The zero-order valence-corrected chi connectivity index (χ0v) is 16.0. The van der Waals surface area contributed by atoms with Gasteiger partial charge in [0, 0.05) is 6.04 Å². The van der Waals surface area contributed by atoms with Crippen LogP contribution in [0, 0.1) is 13.8 Å². The minimum atomic E-state index is -3.62. The van der Waals surface area contributed by atoms with Crippen LogP contribution in [0.4, 0.5) is 0 Å². The van der Waals surface area contributed by atoms with Gasteiger partial charge in [-0.3, -0.25) is 0 Å². The molecule has 0 aliphatic heterocycles. The third-order valence-corrected chi connectivity index (χ3v) is 5.82. The molecule has 0 aliphatic rings. The van der Waals surface area contributed by atoms with E-state index in [0.29, 0.717) is 10.2 Å². The molecule has 0 saturated heterocycles. The Morgan fingerprint density at radius 1 is 1.13 bits per heavy atom. The standard InChI is InChI=1S/C17H20BrNO3S/c1-11-5-6-12(2)15(9-11)13(3)19-23(20,21)14-7-8-17(22-4)16(18)10-14/h5-10,13,19H,1-4H3. The number of halogens is 1. The van der Waals surface area contributed by atoms with Gasteiger partial charge in [0.05, 0.1) is 16.5 Å². The van der Waals surface area contributed by atoms with E-state index in [1.54, 1.807) is 6.07 Å². The average molecular weight is 398 g/mol. The zero-order chi connectivity index (χ0) is 17.2. The van der Waals surface area contributed by atoms with E-state index in [0.717, 1.165) is 16.7 Å². The van der Waals surface area contributed by atoms with Crippen molar-refractivity contribution in [1.82, 2.24) is 4.72 Å². The molecule has 1 atom stereocenters. The highest BCUT2D eigenvalue weighted by molar-refractivity contribution is 9.10. The van der Waals surface area contributed by atoms with Crippen LogP contribution >= 0.6 is 15.9 Å². The van der Waals surface area contributed by atoms with Gasteiger partial charge in [-0.25, -0.2) is 13.1 Å². The van der Waals surface area contributed by atoms with Crippen LogP contribution in [-0.2, 0) is 10.0 Å². The number of hydrogen-bond acceptors (Lipinski definition) is 3. The number of rotatable bonds is 5. The molecule has 124 valence electrons. The molecule has 2 rings (SSSR count). The van der Waals surface area contributed by atoms with Crippen LogP contribution < -0.4 is 9.46 Å². The largest absolute Gasteiger partial charge is 0.496 e. The van der Waals surface area contributed by atoms with E-state index in [1.165, 1.54) is 19.2 Å². The van der Waals surface area contributed by atoms with E-state index in [2.05, 4.69) is 20.7 Å². The van der Waals surface area contributed by atoms with Crippen molar-refractivity contribution in [2.45, 2.75) is 31.7 Å². The second-order valence-electron chi connectivity index (χ2n) is 5.50. The number of hydrogen-bond donors (Lipinski definition) is 1. The fourth-order valence-electron chi connectivity index (χ4n) is 2.40. The van der Waals surface area contributed by atoms with Gasteiger partial charge in [0.1, 0.15) is 5.75 Å². The van der Waals surface area contributed by atoms with Gasteiger partial charge in [0.15, 0.2) is 0 Å². The van der Waals surface area contributed by atoms with E-state index in [9.17, 15) is 8.42 Å². The van der Waals surface area contributed by atoms with Crippen molar-refractivity contribution in [3.63, 3.8) is 0 Å². The minimum Gasteiger partial charge on any atom is -0.496 e. The number of methoxy groups -OCH3 is 1. The summed E-state index contributed by atoms with van der Waals surface area (Å²) in [6.45, 7) is 5.81. The first kappa shape index (κ1) is 18.0. The normalized spacial score (nSPS) is 12.9. The van der Waals surface area contributed by atoms with Gasteiger partial charge < -0.3 is 4.74 Å². The Morgan fingerprint density at radius 2 is 1.83 bits per heavy atom. The van der Waals surface area contributed by atoms with Crippen LogP contribution in [0.3, 0.4) is 0 Å². The summed E-state index contributed by atoms with van der Waals surface area (Å²) in [6, 6.07) is 10.4. The molecule has 0 bridgehead atoms. The average Bonchev–Trinajstić information content (AvgIpc) is 2.49. The summed E-state index contributed by atoms with van der Waals surface area (Å²) in [6.07, 6.45) is 0. The molecule has 0 amide bonds. The molecule has 0 spiro atoms. The van der Waals surface area contributed by atoms with Crippen molar-refractivity contribution in [3.8, 4) is 5.75 Å². The molecule has 23 heavy (non-hydrogen) atoms. The third-order valence-electron chi connectivity index (χ3n) is 3.67. The van der Waals surface area contributed by atoms with E-state index in [-0.39, 0.29) is 10.9 Å². The monoisotopic (exact) mass is 397 g/mol. The molecule has 6 heteroatoms. The highest BCUT2D eigenvalue weighted by Crippen LogP contribution is 2.28. The maximum atomic E-state index is 12.6. The smallest absolute Gasteiger partial charge is 0.241 e. The van der Waals surface area contributed by atoms with E-state index >= 15 is 0 Å². The molecule has 0 aromatic heterocycles. The molecule has 0 aliphatic carbocycles. The van der Waals surface area contributed by atoms with Gasteiger partial charge in [-0.1, -0.05) is 23.8 Å². The van der Waals surface area contributed by atoms with Crippen LogP contribution in [0.2, 0.25) is 0 Å². The molecule has 1 N–H and O–H groups in total. The molecular formula is C17H20BrNO3S. The lowest BCUT2D eigenvalue weighted by atomic mass is 10.0. The summed E-state index contributed by atoms with van der Waals surface area (Å²) < 4.78 is 33.6. The lowest BCUT2D eigenvalue weighted by Gasteiger charge is -2.18. The summed E-state index contributed by atoms with van der Waals surface area (Å²) in [5.74, 6) is 0.589. The molecule has 0 radical (unpaired) electrons. The van der Waals surface area contributed by atoms with Crippen molar-refractivity contribution in [1.29, 1.82) is 0 Å². The Labute approximate surface area is 146 Å². The Kier molecular flexibility index (Phi) is 5.49. The van der Waals surface area contributed by atoms with Crippen molar-refractivity contribution >= 4 is 26.0 Å². The molecule has 2 aromatic carbocycles. The van der Waals surface area contributed by atoms with Gasteiger partial charge >= 0.3 is 0 Å². The first-order chi connectivity index (χ1) is 10.7. The molecule has 2 aromatic rings. The SMILES string of the molecule is COc1ccc(S(=O)(=O)NC(C)c2cc(C)ccc2C)cc1Br. The van der Waals surface area contributed by atoms with Crippen LogP contribution in [0.15, 0.2) is 45.8 Å². The van der Waals surface area contributed by atoms with Gasteiger partial charge in [-0.05, 0) is 66.0 Å². The van der Waals surface area contributed by atoms with Crippen molar-refractivity contribution in [2.24, 2.45) is 0 Å². The van der Waals surface area contributed by atoms with Crippen LogP contribution in [-0.4, -0.2) is 15.5 Å². The molecule has 0 saturated carbocycles. The topological polar surface area (TPSA) is 55.4 Å². The first-order valence-electron chi connectivity index (χ1n) is 7.17. The number of aryl methyl sites for hydroxylation is 2. The second-order valence-corrected chi connectivity index (χ2v) is 8.07. The fourth-order valence-corrected chi connectivity index (χ4v) is 4.35. The molecular weight excluding hydrogens is 378 g/mol. The van der Waals surface area contributed by atoms with Gasteiger partial charge in [0.2, 0.25) is 10.0 Å². The van der Waals surface area contributed by atoms with Crippen molar-refractivity contribution < 1.29 is 13.2 Å². The predicted octanol–water partition coefficient (Wildman–Crippen LogP) is 4.11. The Bertz CT molecular complexity index is 819. The highest BCUT2D eigenvalue weighted by Gasteiger charge is 2.20. The maximum Gasteiger partial charge on any atom is 0.241 e. The Morgan fingerprint density at radius 3 is 2.43 bits per heavy atom. The van der Waals surface area contributed by atoms with Gasteiger partial charge in [-0.2, -0.15) is 0 Å². The molecule has 0 fully saturated rings. The van der Waals surface area contributed by atoms with Crippen LogP contribution in [0.25, 0.3) is 0 Å². The number of ether oxygens (including phenoxy) is 1. The van der Waals surface area contributed by atoms with Gasteiger partial charge in [0.25, 0.3) is 0 Å². The van der Waals surface area contributed by atoms with Crippen LogP contribution in [0.5, 0.6) is 5.75 Å². The van der Waals surface area contributed by atoms with Crippen LogP contribution in [0.1, 0.15) is 29.7 Å². The lowest BCUT2D eigenvalue weighted by molar-refractivity contribution is 0.411. The van der Waals surface area contributed by atoms with Gasteiger partial charge in [-0.15, -0.1) is 0 Å². The Hall–Kier alpha value is -1.37. The first-order valence-corrected chi connectivity index (χ1v) is 9.45. The number of nitrogens with one attached hydrogen (secondary N) is 1. The summed E-state index contributed by atoms with van der Waals surface area (Å²) >= 11 is 3.31. The number of sulfonamides is 1. The molecule has 0 heterocycles. The number of benzene rings is 2. The molecule has 1 unspecified atom stereocenters. The third kappa shape index (κ3) is 4.13. The summed E-state index contributed by atoms with van der Waals surface area (Å²) in [5.41, 5.74) is 3.13. The van der Waals surface area contributed by atoms with Crippen molar-refractivity contribution in [3.05, 3.63) is 57.6 Å². The molecule has 4 nitrogen and oxygen atoms in total. The maximum absolute atomic E-state index is 12.6. The Balaban J connectivity index is 2.30. The quantitative estimate of drug-likeness (QED) is 0.825. The second kappa shape index (κ2) is 7.03. The van der Waals surface area contributed by atoms with E-state index < -0.39 is 10.0 Å². The summed E-state index contributed by atoms with van der Waals surface area (Å²) in [7, 11) is -2.08. The van der Waals surface area contributed by atoms with E-state index in [1.807, 2.05) is 39.0 Å². The zero-order valence-electron chi connectivity index (χ0n) is 13.6. The lowest BCUT2D eigenvalue weighted by Crippen LogP contribution is -2.27. The summed E-state index contributed by atoms with van der Waals surface area (Å²) in [5, 5.41) is 0. The predicted molar refractivity (Wildman–Crippen MR) is 95.3 cm³/mol. The van der Waals surface area contributed by atoms with Crippen molar-refractivity contribution in [2.75, 3.05) is 7.11 Å². The fraction of sp³-hybridized carbons (Fsp3) is 0.294. The highest BCUT2D eigenvalue weighted by atomic mass is 79.9. The van der Waals surface area contributed by atoms with E-state index in [4.69, 9.17) is 4.74 Å². The summed E-state index contributed by atoms with van der Waals surface area (Å²) in [4.78, 5) is 0.197.